The van der Waals surface area contributed by atoms with Crippen LogP contribution in [0.1, 0.15) is 29.6 Å². The lowest BCUT2D eigenvalue weighted by Crippen LogP contribution is -2.46. The van der Waals surface area contributed by atoms with Gasteiger partial charge in [-0.15, -0.1) is 0 Å². The van der Waals surface area contributed by atoms with E-state index in [1.807, 2.05) is 0 Å². The summed E-state index contributed by atoms with van der Waals surface area (Å²) in [6.07, 6.45) is -4.45. The highest BCUT2D eigenvalue weighted by Crippen LogP contribution is 2.38. The Balaban J connectivity index is 2.10. The van der Waals surface area contributed by atoms with Crippen molar-refractivity contribution >= 4 is 17.5 Å². The molecule has 1 fully saturated rings. The van der Waals surface area contributed by atoms with E-state index >= 15 is 0 Å². The van der Waals surface area contributed by atoms with Crippen LogP contribution in [0.3, 0.4) is 0 Å². The van der Waals surface area contributed by atoms with Crippen LogP contribution in [0, 0.1) is 0 Å². The van der Waals surface area contributed by atoms with Gasteiger partial charge in [0.25, 0.3) is 5.91 Å². The number of nitrogens with zero attached hydrogens (tertiary/aromatic N) is 2. The third-order valence-corrected chi connectivity index (χ3v) is 4.64. The average molecular weight is 370 g/mol. The van der Waals surface area contributed by atoms with Crippen LogP contribution < -0.4 is 4.90 Å². The molecule has 2 amide bonds. The van der Waals surface area contributed by atoms with E-state index in [1.54, 1.807) is 19.2 Å². The topological polar surface area (TPSA) is 60.9 Å². The van der Waals surface area contributed by atoms with Gasteiger partial charge in [-0.05, 0) is 43.2 Å². The van der Waals surface area contributed by atoms with Crippen LogP contribution >= 0.6 is 0 Å². The molecule has 1 aliphatic rings. The van der Waals surface area contributed by atoms with Crippen molar-refractivity contribution in [2.24, 2.45) is 0 Å². The summed E-state index contributed by atoms with van der Waals surface area (Å²) in [5.41, 5.74) is -1.88. The molecule has 1 saturated heterocycles. The highest BCUT2D eigenvalue weighted by molar-refractivity contribution is 6.01. The summed E-state index contributed by atoms with van der Waals surface area (Å²) in [5.74, 6) is -0.705. The number of amides is 2. The van der Waals surface area contributed by atoms with Gasteiger partial charge in [0, 0.05) is 37.8 Å². The molecule has 0 bridgehead atoms. The number of halogens is 3. The number of anilines is 1. The second-order valence-corrected chi connectivity index (χ2v) is 6.32. The highest BCUT2D eigenvalue weighted by Gasteiger charge is 2.53. The predicted octanol–water partition coefficient (Wildman–Crippen LogP) is 2.75. The van der Waals surface area contributed by atoms with Gasteiger partial charge < -0.3 is 14.9 Å². The number of hydrogen-bond donors (Lipinski definition) is 1. The molecule has 0 aromatic heterocycles. The minimum absolute atomic E-state index is 0.0659. The number of alkyl halides is 3. The lowest BCUT2D eigenvalue weighted by Gasteiger charge is -2.29. The van der Waals surface area contributed by atoms with Crippen LogP contribution in [0.2, 0.25) is 0 Å². The van der Waals surface area contributed by atoms with Crippen molar-refractivity contribution in [3.05, 3.63) is 42.5 Å². The van der Waals surface area contributed by atoms with Crippen molar-refractivity contribution in [1.29, 1.82) is 0 Å². The maximum absolute atomic E-state index is 13.0. The summed E-state index contributed by atoms with van der Waals surface area (Å²) in [7, 11) is 1.56. The zero-order valence-corrected chi connectivity index (χ0v) is 14.4. The third-order valence-electron chi connectivity index (χ3n) is 4.64. The standard InChI is InChI=1S/C18H21F3N2O3/c1-3-15(24)22(2)14-7-5-13(6-8-14)16(25)23-11-4-9-17(26,10-12-23)18(19,20)21/h3,5-8,26H,1,4,9-12H2,2H3. The van der Waals surface area contributed by atoms with Crippen molar-refractivity contribution in [2.75, 3.05) is 25.0 Å². The summed E-state index contributed by atoms with van der Waals surface area (Å²) < 4.78 is 38.9. The molecule has 5 nitrogen and oxygen atoms in total. The molecule has 142 valence electrons. The minimum Gasteiger partial charge on any atom is -0.380 e. The Kier molecular flexibility index (Phi) is 5.75. The first kappa shape index (κ1) is 20.0. The lowest BCUT2D eigenvalue weighted by molar-refractivity contribution is -0.263. The van der Waals surface area contributed by atoms with Crippen molar-refractivity contribution in [3.63, 3.8) is 0 Å². The van der Waals surface area contributed by atoms with Crippen molar-refractivity contribution in [2.45, 2.75) is 31.0 Å². The molecule has 8 heteroatoms. The number of benzene rings is 1. The van der Waals surface area contributed by atoms with E-state index in [0.717, 1.165) is 6.08 Å². The first-order valence-electron chi connectivity index (χ1n) is 8.17. The second kappa shape index (κ2) is 7.49. The van der Waals surface area contributed by atoms with E-state index in [2.05, 4.69) is 6.58 Å². The Morgan fingerprint density at radius 2 is 1.85 bits per heavy atom. The van der Waals surface area contributed by atoms with Crippen molar-refractivity contribution < 1.29 is 27.9 Å². The van der Waals surface area contributed by atoms with Crippen molar-refractivity contribution in [1.82, 2.24) is 4.90 Å². The molecule has 1 unspecified atom stereocenters. The summed E-state index contributed by atoms with van der Waals surface area (Å²) in [5, 5.41) is 9.82. The number of rotatable bonds is 3. The highest BCUT2D eigenvalue weighted by atomic mass is 19.4. The van der Waals surface area contributed by atoms with Crippen LogP contribution in [0.15, 0.2) is 36.9 Å². The van der Waals surface area contributed by atoms with Gasteiger partial charge in [0.2, 0.25) is 5.91 Å². The molecule has 1 heterocycles. The number of carbonyl (C=O) groups is 2. The van der Waals surface area contributed by atoms with E-state index in [4.69, 9.17) is 0 Å². The molecule has 0 radical (unpaired) electrons. The molecule has 1 aromatic rings. The predicted molar refractivity (Wildman–Crippen MR) is 90.8 cm³/mol. The van der Waals surface area contributed by atoms with Crippen molar-refractivity contribution in [3.8, 4) is 0 Å². The van der Waals surface area contributed by atoms with E-state index in [1.165, 1.54) is 21.9 Å². The van der Waals surface area contributed by atoms with Gasteiger partial charge in [0.1, 0.15) is 0 Å². The van der Waals surface area contributed by atoms with Gasteiger partial charge in [-0.1, -0.05) is 6.58 Å². The van der Waals surface area contributed by atoms with Gasteiger partial charge in [0.05, 0.1) is 0 Å². The van der Waals surface area contributed by atoms with E-state index in [0.29, 0.717) is 11.3 Å². The number of carbonyl (C=O) groups excluding carboxylic acids is 2. The number of likely N-dealkylation sites (tertiary alicyclic amines) is 1. The first-order chi connectivity index (χ1) is 12.1. The Labute approximate surface area is 149 Å². The van der Waals surface area contributed by atoms with Crippen LogP contribution in [0.5, 0.6) is 0 Å². The molecule has 0 saturated carbocycles. The summed E-state index contributed by atoms with van der Waals surface area (Å²) in [6.45, 7) is 3.37. The molecule has 1 atom stereocenters. The van der Waals surface area contributed by atoms with Crippen LogP contribution in [0.4, 0.5) is 18.9 Å². The molecule has 0 spiro atoms. The monoisotopic (exact) mass is 370 g/mol. The van der Waals surface area contributed by atoms with Crippen LogP contribution in [-0.2, 0) is 4.79 Å². The number of aliphatic hydroxyl groups is 1. The fraction of sp³-hybridized carbons (Fsp3) is 0.444. The summed E-state index contributed by atoms with van der Waals surface area (Å²) in [4.78, 5) is 26.8. The molecule has 1 aromatic carbocycles. The molecule has 0 aliphatic carbocycles. The molecule has 1 aliphatic heterocycles. The second-order valence-electron chi connectivity index (χ2n) is 6.32. The Bertz CT molecular complexity index is 688. The Hall–Kier alpha value is -2.35. The normalized spacial score (nSPS) is 21.0. The lowest BCUT2D eigenvalue weighted by atomic mass is 9.94. The smallest absolute Gasteiger partial charge is 0.380 e. The van der Waals surface area contributed by atoms with Gasteiger partial charge in [-0.3, -0.25) is 9.59 Å². The molecule has 26 heavy (non-hydrogen) atoms. The number of hydrogen-bond acceptors (Lipinski definition) is 3. The van der Waals surface area contributed by atoms with Gasteiger partial charge in [-0.25, -0.2) is 0 Å². The zero-order valence-electron chi connectivity index (χ0n) is 14.4. The summed E-state index contributed by atoms with van der Waals surface area (Å²) in [6, 6.07) is 6.20. The molecule has 2 rings (SSSR count). The third kappa shape index (κ3) is 4.07. The first-order valence-corrected chi connectivity index (χ1v) is 8.17. The van der Waals surface area contributed by atoms with Gasteiger partial charge >= 0.3 is 6.18 Å². The molecule has 1 N–H and O–H groups in total. The SMILES string of the molecule is C=CC(=O)N(C)c1ccc(C(=O)N2CCCC(O)(C(F)(F)F)CC2)cc1. The maximum atomic E-state index is 13.0. The number of likely N-dealkylation sites (N-methyl/N-ethyl adjacent to an activating group) is 1. The van der Waals surface area contributed by atoms with Gasteiger partial charge in [-0.2, -0.15) is 13.2 Å². The fourth-order valence-corrected chi connectivity index (χ4v) is 2.88. The summed E-state index contributed by atoms with van der Waals surface area (Å²) >= 11 is 0. The maximum Gasteiger partial charge on any atom is 0.417 e. The molecular weight excluding hydrogens is 349 g/mol. The Morgan fingerprint density at radius 3 is 2.38 bits per heavy atom. The fourth-order valence-electron chi connectivity index (χ4n) is 2.88. The van der Waals surface area contributed by atoms with Crippen LogP contribution in [0.25, 0.3) is 0 Å². The quantitative estimate of drug-likeness (QED) is 0.833. The van der Waals surface area contributed by atoms with E-state index in [-0.39, 0.29) is 25.4 Å². The average Bonchev–Trinajstić information content (AvgIpc) is 2.82. The van der Waals surface area contributed by atoms with E-state index in [9.17, 15) is 27.9 Å². The van der Waals surface area contributed by atoms with Crippen LogP contribution in [-0.4, -0.2) is 53.7 Å². The Morgan fingerprint density at radius 1 is 1.23 bits per heavy atom. The van der Waals surface area contributed by atoms with Gasteiger partial charge in [0.15, 0.2) is 5.60 Å². The van der Waals surface area contributed by atoms with E-state index < -0.39 is 30.5 Å². The minimum atomic E-state index is -4.71. The molecular formula is C18H21F3N2O3. The zero-order chi connectivity index (χ0) is 19.5. The largest absolute Gasteiger partial charge is 0.417 e.